The van der Waals surface area contributed by atoms with Gasteiger partial charge >= 0.3 is 0 Å². The summed E-state index contributed by atoms with van der Waals surface area (Å²) in [5.74, 6) is 0.965. The second-order valence-corrected chi connectivity index (χ2v) is 4.99. The molecule has 0 radical (unpaired) electrons. The molecule has 0 fully saturated rings. The van der Waals surface area contributed by atoms with Crippen LogP contribution in [-0.2, 0) is 6.42 Å². The van der Waals surface area contributed by atoms with Crippen molar-refractivity contribution in [3.05, 3.63) is 52.7 Å². The third-order valence-corrected chi connectivity index (χ3v) is 3.19. The van der Waals surface area contributed by atoms with E-state index in [1.165, 1.54) is 5.56 Å². The minimum atomic E-state index is 0.207. The minimum Gasteiger partial charge on any atom is -0.453 e. The average Bonchev–Trinajstić information content (AvgIpc) is 2.82. The number of nitrogens with zero attached hydrogens (tertiary/aromatic N) is 1. The number of rotatable bonds is 6. The zero-order chi connectivity index (χ0) is 12.8. The van der Waals surface area contributed by atoms with Crippen LogP contribution in [-0.4, -0.2) is 11.5 Å². The quantitative estimate of drug-likeness (QED) is 0.884. The van der Waals surface area contributed by atoms with Gasteiger partial charge in [0.05, 0.1) is 6.04 Å². The molecule has 0 spiro atoms. The molecule has 1 unspecified atom stereocenters. The number of nitrogens with one attached hydrogen (secondary N) is 1. The summed E-state index contributed by atoms with van der Waals surface area (Å²) in [5, 5.41) is 3.51. The Morgan fingerprint density at radius 2 is 2.06 bits per heavy atom. The summed E-state index contributed by atoms with van der Waals surface area (Å²) in [6.07, 6.45) is 5.66. The highest BCUT2D eigenvalue weighted by Crippen LogP contribution is 2.23. The molecule has 96 valence electrons. The van der Waals surface area contributed by atoms with Gasteiger partial charge in [-0.2, -0.15) is 0 Å². The van der Waals surface area contributed by atoms with Gasteiger partial charge in [-0.25, -0.2) is 0 Å². The molecule has 2 aromatic heterocycles. The van der Waals surface area contributed by atoms with Crippen LogP contribution in [0.25, 0.3) is 0 Å². The zero-order valence-corrected chi connectivity index (χ0v) is 12.0. The van der Waals surface area contributed by atoms with E-state index in [9.17, 15) is 0 Å². The lowest BCUT2D eigenvalue weighted by Gasteiger charge is -2.16. The van der Waals surface area contributed by atoms with Gasteiger partial charge in [-0.3, -0.25) is 4.98 Å². The maximum atomic E-state index is 5.65. The molecule has 3 nitrogen and oxygen atoms in total. The first-order chi connectivity index (χ1) is 8.79. The highest BCUT2D eigenvalue weighted by molar-refractivity contribution is 9.10. The van der Waals surface area contributed by atoms with Crippen molar-refractivity contribution in [3.63, 3.8) is 0 Å². The Morgan fingerprint density at radius 3 is 2.67 bits per heavy atom. The lowest BCUT2D eigenvalue weighted by Crippen LogP contribution is -2.23. The fourth-order valence-corrected chi connectivity index (χ4v) is 2.18. The number of aromatic nitrogens is 1. The van der Waals surface area contributed by atoms with Gasteiger partial charge in [0.15, 0.2) is 4.67 Å². The highest BCUT2D eigenvalue weighted by Gasteiger charge is 2.15. The van der Waals surface area contributed by atoms with Crippen LogP contribution in [0, 0.1) is 0 Å². The van der Waals surface area contributed by atoms with Crippen molar-refractivity contribution in [3.8, 4) is 0 Å². The number of hydrogen-bond acceptors (Lipinski definition) is 3. The maximum absolute atomic E-state index is 5.65. The molecule has 18 heavy (non-hydrogen) atoms. The van der Waals surface area contributed by atoms with Crippen molar-refractivity contribution < 1.29 is 4.42 Å². The summed E-state index contributed by atoms with van der Waals surface area (Å²) in [6.45, 7) is 3.14. The molecular weight excluding hydrogens is 292 g/mol. The monoisotopic (exact) mass is 308 g/mol. The van der Waals surface area contributed by atoms with E-state index in [2.05, 4.69) is 33.2 Å². The van der Waals surface area contributed by atoms with E-state index in [-0.39, 0.29) is 6.04 Å². The van der Waals surface area contributed by atoms with Crippen molar-refractivity contribution >= 4 is 15.9 Å². The smallest absolute Gasteiger partial charge is 0.169 e. The Morgan fingerprint density at radius 1 is 1.28 bits per heavy atom. The average molecular weight is 309 g/mol. The third-order valence-electron chi connectivity index (χ3n) is 2.77. The Labute approximate surface area is 116 Å². The number of hydrogen-bond donors (Lipinski definition) is 1. The first kappa shape index (κ1) is 13.3. The van der Waals surface area contributed by atoms with Crippen LogP contribution >= 0.6 is 15.9 Å². The van der Waals surface area contributed by atoms with Crippen LogP contribution in [0.15, 0.2) is 45.7 Å². The summed E-state index contributed by atoms with van der Waals surface area (Å²) in [6, 6.07) is 8.23. The van der Waals surface area contributed by atoms with Crippen LogP contribution in [0.4, 0.5) is 0 Å². The fourth-order valence-electron chi connectivity index (χ4n) is 1.86. The molecule has 1 atom stereocenters. The van der Waals surface area contributed by atoms with Gasteiger partial charge in [-0.15, -0.1) is 0 Å². The van der Waals surface area contributed by atoms with Crippen LogP contribution in [0.2, 0.25) is 0 Å². The van der Waals surface area contributed by atoms with Gasteiger partial charge in [0.2, 0.25) is 0 Å². The van der Waals surface area contributed by atoms with Crippen LogP contribution < -0.4 is 5.32 Å². The second kappa shape index (κ2) is 6.71. The molecule has 0 amide bonds. The largest absolute Gasteiger partial charge is 0.453 e. The molecule has 0 aliphatic rings. The maximum Gasteiger partial charge on any atom is 0.169 e. The first-order valence-electron chi connectivity index (χ1n) is 6.17. The standard InChI is InChI=1S/C14H17BrN2O/c1-2-7-17-12(13-3-4-14(15)18-13)10-11-5-8-16-9-6-11/h3-6,8-9,12,17H,2,7,10H2,1H3. The molecule has 0 saturated heterocycles. The minimum absolute atomic E-state index is 0.207. The summed E-state index contributed by atoms with van der Waals surface area (Å²) in [7, 11) is 0. The molecule has 0 aliphatic heterocycles. The lowest BCUT2D eigenvalue weighted by molar-refractivity contribution is 0.400. The van der Waals surface area contributed by atoms with E-state index in [0.29, 0.717) is 0 Å². The Balaban J connectivity index is 2.10. The molecule has 2 heterocycles. The van der Waals surface area contributed by atoms with Crippen molar-refractivity contribution in [1.82, 2.24) is 10.3 Å². The number of furan rings is 1. The highest BCUT2D eigenvalue weighted by atomic mass is 79.9. The van der Waals surface area contributed by atoms with E-state index in [0.717, 1.165) is 29.8 Å². The Bertz CT molecular complexity index is 470. The van der Waals surface area contributed by atoms with Gasteiger partial charge in [0, 0.05) is 12.4 Å². The molecule has 0 aliphatic carbocycles. The second-order valence-electron chi connectivity index (χ2n) is 4.21. The van der Waals surface area contributed by atoms with E-state index < -0.39 is 0 Å². The summed E-state index contributed by atoms with van der Waals surface area (Å²) >= 11 is 3.35. The first-order valence-corrected chi connectivity index (χ1v) is 6.96. The number of halogens is 1. The molecule has 1 N–H and O–H groups in total. The van der Waals surface area contributed by atoms with E-state index in [1.807, 2.05) is 36.7 Å². The SMILES string of the molecule is CCCNC(Cc1ccncc1)c1ccc(Br)o1. The van der Waals surface area contributed by atoms with Crippen LogP contribution in [0.3, 0.4) is 0 Å². The Kier molecular flexibility index (Phi) is 4.96. The van der Waals surface area contributed by atoms with Gasteiger partial charge in [0.1, 0.15) is 5.76 Å². The van der Waals surface area contributed by atoms with Crippen molar-refractivity contribution in [2.24, 2.45) is 0 Å². The summed E-state index contributed by atoms with van der Waals surface area (Å²) in [5.41, 5.74) is 1.26. The zero-order valence-electron chi connectivity index (χ0n) is 10.4. The molecule has 0 saturated carbocycles. The molecule has 4 heteroatoms. The Hall–Kier alpha value is -1.13. The van der Waals surface area contributed by atoms with Gasteiger partial charge in [-0.1, -0.05) is 6.92 Å². The third kappa shape index (κ3) is 3.68. The van der Waals surface area contributed by atoms with Gasteiger partial charge < -0.3 is 9.73 Å². The normalized spacial score (nSPS) is 12.6. The predicted molar refractivity (Wildman–Crippen MR) is 75.4 cm³/mol. The molecule has 2 aromatic rings. The molecular formula is C14H17BrN2O. The fraction of sp³-hybridized carbons (Fsp3) is 0.357. The van der Waals surface area contributed by atoms with Crippen molar-refractivity contribution in [2.45, 2.75) is 25.8 Å². The van der Waals surface area contributed by atoms with E-state index in [1.54, 1.807) is 0 Å². The van der Waals surface area contributed by atoms with Crippen LogP contribution in [0.1, 0.15) is 30.7 Å². The van der Waals surface area contributed by atoms with Crippen molar-refractivity contribution in [1.29, 1.82) is 0 Å². The predicted octanol–water partition coefficient (Wildman–Crippen LogP) is 3.72. The molecule has 0 aromatic carbocycles. The van der Waals surface area contributed by atoms with Gasteiger partial charge in [-0.05, 0) is 65.1 Å². The van der Waals surface area contributed by atoms with Gasteiger partial charge in [0.25, 0.3) is 0 Å². The number of pyridine rings is 1. The van der Waals surface area contributed by atoms with Crippen LogP contribution in [0.5, 0.6) is 0 Å². The van der Waals surface area contributed by atoms with E-state index >= 15 is 0 Å². The van der Waals surface area contributed by atoms with Crippen molar-refractivity contribution in [2.75, 3.05) is 6.54 Å². The molecule has 0 bridgehead atoms. The van der Waals surface area contributed by atoms with E-state index in [4.69, 9.17) is 4.42 Å². The molecule has 2 rings (SSSR count). The summed E-state index contributed by atoms with van der Waals surface area (Å²) < 4.78 is 6.43. The lowest BCUT2D eigenvalue weighted by atomic mass is 10.1. The summed E-state index contributed by atoms with van der Waals surface area (Å²) in [4.78, 5) is 4.04. The topological polar surface area (TPSA) is 38.1 Å².